The van der Waals surface area contributed by atoms with Gasteiger partial charge < -0.3 is 14.7 Å². The van der Waals surface area contributed by atoms with Gasteiger partial charge in [0.1, 0.15) is 17.3 Å². The summed E-state index contributed by atoms with van der Waals surface area (Å²) in [6, 6.07) is 17.4. The minimum Gasteiger partial charge on any atom is -0.507 e. The van der Waals surface area contributed by atoms with Gasteiger partial charge in [-0.2, -0.15) is 4.31 Å². The first kappa shape index (κ1) is 22.8. The molecule has 0 radical (unpaired) electrons. The Morgan fingerprint density at radius 3 is 2.48 bits per heavy atom. The Morgan fingerprint density at radius 1 is 1.03 bits per heavy atom. The van der Waals surface area contributed by atoms with Crippen molar-refractivity contribution in [3.8, 4) is 11.6 Å². The van der Waals surface area contributed by atoms with Crippen LogP contribution in [0.4, 0.5) is 0 Å². The fourth-order valence-corrected chi connectivity index (χ4v) is 5.22. The molecule has 33 heavy (non-hydrogen) atoms. The van der Waals surface area contributed by atoms with Crippen molar-refractivity contribution in [2.45, 2.75) is 18.4 Å². The normalized spacial score (nSPS) is 14.8. The van der Waals surface area contributed by atoms with Gasteiger partial charge in [-0.25, -0.2) is 13.4 Å². The Morgan fingerprint density at radius 2 is 1.76 bits per heavy atom. The predicted molar refractivity (Wildman–Crippen MR) is 123 cm³/mol. The van der Waals surface area contributed by atoms with Crippen molar-refractivity contribution in [1.29, 1.82) is 0 Å². The number of hydrogen-bond donors (Lipinski definition) is 1. The molecule has 1 amide bonds. The highest BCUT2D eigenvalue weighted by molar-refractivity contribution is 7.89. The predicted octanol–water partition coefficient (Wildman–Crippen LogP) is 2.82. The number of sulfonamides is 1. The lowest BCUT2D eigenvalue weighted by atomic mass is 10.2. The van der Waals surface area contributed by atoms with Gasteiger partial charge in [0.2, 0.25) is 15.9 Å². The van der Waals surface area contributed by atoms with Gasteiger partial charge in [0.15, 0.2) is 0 Å². The maximum atomic E-state index is 13.0. The third-order valence-electron chi connectivity index (χ3n) is 5.47. The van der Waals surface area contributed by atoms with Crippen molar-refractivity contribution in [2.75, 3.05) is 26.2 Å². The second-order valence-electron chi connectivity index (χ2n) is 7.82. The molecule has 2 heterocycles. The zero-order valence-electron chi connectivity index (χ0n) is 18.2. The van der Waals surface area contributed by atoms with E-state index in [2.05, 4.69) is 4.98 Å². The monoisotopic (exact) mass is 467 g/mol. The summed E-state index contributed by atoms with van der Waals surface area (Å²) < 4.78 is 33.0. The van der Waals surface area contributed by atoms with E-state index in [0.717, 1.165) is 11.1 Å². The first-order chi connectivity index (χ1) is 15.8. The molecule has 0 bridgehead atoms. The van der Waals surface area contributed by atoms with Gasteiger partial charge in [0, 0.05) is 44.0 Å². The Bertz CT molecular complexity index is 1240. The van der Waals surface area contributed by atoms with Gasteiger partial charge >= 0.3 is 0 Å². The standard InChI is InChI=1S/C24H25N3O5S/c1-18-7-8-21(28)22(15-18)33(30,31)27-13-11-26(12-14-27)24(29)20-9-10-25-23(16-20)32-17-19-5-3-2-4-6-19/h2-10,15-16,28H,11-14,17H2,1H3. The molecule has 8 nitrogen and oxygen atoms in total. The zero-order chi connectivity index (χ0) is 23.4. The number of piperazine rings is 1. The van der Waals surface area contributed by atoms with Crippen LogP contribution in [0.5, 0.6) is 11.6 Å². The molecule has 1 aliphatic rings. The molecule has 1 fully saturated rings. The largest absolute Gasteiger partial charge is 0.507 e. The van der Waals surface area contributed by atoms with Gasteiger partial charge in [-0.3, -0.25) is 4.79 Å². The van der Waals surface area contributed by atoms with Gasteiger partial charge in [-0.1, -0.05) is 36.4 Å². The zero-order valence-corrected chi connectivity index (χ0v) is 19.0. The summed E-state index contributed by atoms with van der Waals surface area (Å²) in [6.45, 7) is 2.88. The van der Waals surface area contributed by atoms with E-state index in [4.69, 9.17) is 4.74 Å². The minimum atomic E-state index is -3.85. The van der Waals surface area contributed by atoms with Crippen molar-refractivity contribution in [3.63, 3.8) is 0 Å². The third-order valence-corrected chi connectivity index (χ3v) is 7.40. The molecule has 3 aromatic rings. The van der Waals surface area contributed by atoms with Gasteiger partial charge in [-0.15, -0.1) is 0 Å². The summed E-state index contributed by atoms with van der Waals surface area (Å²) >= 11 is 0. The highest BCUT2D eigenvalue weighted by Crippen LogP contribution is 2.27. The molecule has 9 heteroatoms. The molecule has 4 rings (SSSR count). The summed E-state index contributed by atoms with van der Waals surface area (Å²) in [5.74, 6) is -0.142. The number of phenolic OH excluding ortho intramolecular Hbond substituents is 1. The van der Waals surface area contributed by atoms with E-state index in [1.165, 1.54) is 22.6 Å². The number of hydrogen-bond acceptors (Lipinski definition) is 6. The van der Waals surface area contributed by atoms with E-state index >= 15 is 0 Å². The maximum absolute atomic E-state index is 13.0. The molecule has 0 aliphatic carbocycles. The highest BCUT2D eigenvalue weighted by atomic mass is 32.2. The Labute approximate surface area is 193 Å². The summed E-state index contributed by atoms with van der Waals surface area (Å²) in [5, 5.41) is 10.0. The topological polar surface area (TPSA) is 100 Å². The second-order valence-corrected chi connectivity index (χ2v) is 9.73. The fraction of sp³-hybridized carbons (Fsp3) is 0.250. The van der Waals surface area contributed by atoms with Crippen LogP contribution >= 0.6 is 0 Å². The van der Waals surface area contributed by atoms with E-state index in [1.54, 1.807) is 30.0 Å². The average molecular weight is 468 g/mol. The van der Waals surface area contributed by atoms with Crippen LogP contribution < -0.4 is 4.74 Å². The van der Waals surface area contributed by atoms with E-state index in [9.17, 15) is 18.3 Å². The molecule has 0 unspecified atom stereocenters. The number of carbonyl (C=O) groups excluding carboxylic acids is 1. The second kappa shape index (κ2) is 9.60. The van der Waals surface area contributed by atoms with Crippen LogP contribution in [0.15, 0.2) is 71.8 Å². The number of aromatic hydroxyl groups is 1. The lowest BCUT2D eigenvalue weighted by Crippen LogP contribution is -2.50. The number of phenols is 1. The van der Waals surface area contributed by atoms with Crippen LogP contribution in [0, 0.1) is 6.92 Å². The quantitative estimate of drug-likeness (QED) is 0.598. The number of benzene rings is 2. The Hall–Kier alpha value is -3.43. The van der Waals surface area contributed by atoms with Crippen LogP contribution in [0.1, 0.15) is 21.5 Å². The summed E-state index contributed by atoms with van der Waals surface area (Å²) in [6.07, 6.45) is 1.52. The highest BCUT2D eigenvalue weighted by Gasteiger charge is 2.32. The van der Waals surface area contributed by atoms with E-state index < -0.39 is 10.0 Å². The van der Waals surface area contributed by atoms with Crippen molar-refractivity contribution in [3.05, 3.63) is 83.6 Å². The molecule has 1 N–H and O–H groups in total. The molecule has 0 spiro atoms. The number of pyridine rings is 1. The number of aromatic nitrogens is 1. The van der Waals surface area contributed by atoms with Gasteiger partial charge in [-0.05, 0) is 36.2 Å². The van der Waals surface area contributed by atoms with Crippen molar-refractivity contribution >= 4 is 15.9 Å². The van der Waals surface area contributed by atoms with Crippen molar-refractivity contribution in [2.24, 2.45) is 0 Å². The third kappa shape index (κ3) is 5.15. The van der Waals surface area contributed by atoms with Crippen LogP contribution in [0.3, 0.4) is 0 Å². The first-order valence-electron chi connectivity index (χ1n) is 10.6. The number of nitrogens with zero attached hydrogens (tertiary/aromatic N) is 3. The van der Waals surface area contributed by atoms with Crippen molar-refractivity contribution in [1.82, 2.24) is 14.2 Å². The number of aryl methyl sites for hydroxylation is 1. The Kier molecular flexibility index (Phi) is 6.62. The average Bonchev–Trinajstić information content (AvgIpc) is 2.84. The van der Waals surface area contributed by atoms with Crippen LogP contribution in [-0.2, 0) is 16.6 Å². The Balaban J connectivity index is 1.40. The number of rotatable bonds is 6. The SMILES string of the molecule is Cc1ccc(O)c(S(=O)(=O)N2CCN(C(=O)c3ccnc(OCc4ccccc4)c3)CC2)c1. The molecule has 1 saturated heterocycles. The number of amides is 1. The number of ether oxygens (including phenoxy) is 1. The van der Waals surface area contributed by atoms with Gasteiger partial charge in [0.25, 0.3) is 5.91 Å². The van der Waals surface area contributed by atoms with Crippen LogP contribution in [0.25, 0.3) is 0 Å². The molecular weight excluding hydrogens is 442 g/mol. The lowest BCUT2D eigenvalue weighted by Gasteiger charge is -2.34. The molecule has 172 valence electrons. The van der Waals surface area contributed by atoms with Gasteiger partial charge in [0.05, 0.1) is 0 Å². The summed E-state index contributed by atoms with van der Waals surface area (Å²) in [7, 11) is -3.85. The summed E-state index contributed by atoms with van der Waals surface area (Å²) in [5.41, 5.74) is 2.16. The molecule has 1 aromatic heterocycles. The summed E-state index contributed by atoms with van der Waals surface area (Å²) in [4.78, 5) is 18.7. The molecular formula is C24H25N3O5S. The molecule has 1 aliphatic heterocycles. The van der Waals surface area contributed by atoms with E-state index in [-0.39, 0.29) is 42.7 Å². The molecule has 0 atom stereocenters. The smallest absolute Gasteiger partial charge is 0.254 e. The molecule has 0 saturated carbocycles. The van der Waals surface area contributed by atoms with Crippen LogP contribution in [0.2, 0.25) is 0 Å². The molecule has 2 aromatic carbocycles. The first-order valence-corrected chi connectivity index (χ1v) is 12.0. The van der Waals surface area contributed by atoms with E-state index in [0.29, 0.717) is 18.1 Å². The van der Waals surface area contributed by atoms with E-state index in [1.807, 2.05) is 30.3 Å². The maximum Gasteiger partial charge on any atom is 0.254 e. The lowest BCUT2D eigenvalue weighted by molar-refractivity contribution is 0.0697. The number of carbonyl (C=O) groups is 1. The minimum absolute atomic E-state index is 0.114. The fourth-order valence-electron chi connectivity index (χ4n) is 3.63. The van der Waals surface area contributed by atoms with Crippen molar-refractivity contribution < 1.29 is 23.1 Å². The van der Waals surface area contributed by atoms with Crippen LogP contribution in [-0.4, -0.2) is 59.8 Å².